The molecule has 0 saturated heterocycles. The van der Waals surface area contributed by atoms with Gasteiger partial charge in [0.1, 0.15) is 0 Å². The van der Waals surface area contributed by atoms with Crippen molar-refractivity contribution in [1.29, 1.82) is 0 Å². The van der Waals surface area contributed by atoms with Crippen LogP contribution in [0.4, 0.5) is 11.4 Å². The van der Waals surface area contributed by atoms with Gasteiger partial charge < -0.3 is 10.6 Å². The zero-order valence-electron chi connectivity index (χ0n) is 25.3. The molecule has 47 heavy (non-hydrogen) atoms. The van der Waals surface area contributed by atoms with Crippen LogP contribution in [0.5, 0.6) is 0 Å². The minimum Gasteiger partial charge on any atom is -0.326 e. The molecule has 4 nitrogen and oxygen atoms in total. The fourth-order valence-electron chi connectivity index (χ4n) is 6.62. The Kier molecular flexibility index (Phi) is 8.38. The Morgan fingerprint density at radius 3 is 1.21 bits per heavy atom. The molecule has 2 N–H and O–H groups in total. The molecule has 2 amide bonds. The van der Waals surface area contributed by atoms with Crippen molar-refractivity contribution < 1.29 is 9.59 Å². The van der Waals surface area contributed by atoms with Crippen LogP contribution in [0.3, 0.4) is 0 Å². The molecule has 1 aliphatic rings. The molecule has 6 heteroatoms. The van der Waals surface area contributed by atoms with Crippen LogP contribution in [0, 0.1) is 0 Å². The average molecular weight is 654 g/mol. The van der Waals surface area contributed by atoms with E-state index in [-0.39, 0.29) is 24.7 Å². The second kappa shape index (κ2) is 12.9. The number of hydrogen-bond donors (Lipinski definition) is 2. The van der Waals surface area contributed by atoms with Crippen LogP contribution in [-0.2, 0) is 27.8 Å². The number of amides is 2. The van der Waals surface area contributed by atoms with E-state index >= 15 is 0 Å². The van der Waals surface area contributed by atoms with Crippen LogP contribution in [0.1, 0.15) is 33.4 Å². The van der Waals surface area contributed by atoms with Gasteiger partial charge in [-0.2, -0.15) is 0 Å². The van der Waals surface area contributed by atoms with Crippen LogP contribution in [0.25, 0.3) is 11.1 Å². The standard InChI is InChI=1S/C41H30Cl2N2O2/c42-31-17-9-27(10-18-31)25-39(46)44-33-21-13-29(14-22-33)41(37-7-3-1-5-35(37)36-6-2-4-8-38(36)41)30-15-23-34(24-16-30)45-40(47)26-28-11-19-32(43)20-12-28/h1-24H,25-26H2,(H,44,46)(H,45,47). The van der Waals surface area contributed by atoms with E-state index in [9.17, 15) is 9.59 Å². The van der Waals surface area contributed by atoms with Gasteiger partial charge in [-0.1, -0.05) is 120 Å². The van der Waals surface area contributed by atoms with E-state index in [0.717, 1.165) is 33.6 Å². The van der Waals surface area contributed by atoms with Crippen LogP contribution < -0.4 is 10.6 Å². The zero-order valence-corrected chi connectivity index (χ0v) is 26.9. The Hall–Kier alpha value is -5.16. The Morgan fingerprint density at radius 2 is 0.830 bits per heavy atom. The van der Waals surface area contributed by atoms with E-state index in [4.69, 9.17) is 23.2 Å². The van der Waals surface area contributed by atoms with Gasteiger partial charge in [-0.15, -0.1) is 0 Å². The Labute approximate surface area is 284 Å². The number of hydrogen-bond acceptors (Lipinski definition) is 2. The normalized spacial score (nSPS) is 12.6. The van der Waals surface area contributed by atoms with Crippen LogP contribution in [0.15, 0.2) is 146 Å². The third-order valence-electron chi connectivity index (χ3n) is 8.71. The summed E-state index contributed by atoms with van der Waals surface area (Å²) in [5, 5.41) is 7.36. The number of anilines is 2. The van der Waals surface area contributed by atoms with E-state index < -0.39 is 5.41 Å². The summed E-state index contributed by atoms with van der Waals surface area (Å²) in [7, 11) is 0. The molecule has 0 spiro atoms. The molecule has 0 aromatic heterocycles. The summed E-state index contributed by atoms with van der Waals surface area (Å²) in [5.41, 5.74) is 9.51. The smallest absolute Gasteiger partial charge is 0.228 e. The molecule has 7 rings (SSSR count). The number of benzene rings is 6. The van der Waals surface area contributed by atoms with Gasteiger partial charge in [-0.05, 0) is 93.0 Å². The summed E-state index contributed by atoms with van der Waals surface area (Å²) in [4.78, 5) is 25.7. The van der Waals surface area contributed by atoms with Crippen molar-refractivity contribution in [3.05, 3.63) is 189 Å². The molecule has 0 heterocycles. The van der Waals surface area contributed by atoms with Gasteiger partial charge in [0, 0.05) is 21.4 Å². The molecule has 230 valence electrons. The minimum atomic E-state index is -0.606. The number of carbonyl (C=O) groups is 2. The van der Waals surface area contributed by atoms with Crippen molar-refractivity contribution >= 4 is 46.4 Å². The Morgan fingerprint density at radius 1 is 0.468 bits per heavy atom. The number of halogens is 2. The summed E-state index contributed by atoms with van der Waals surface area (Å²) >= 11 is 12.0. The zero-order chi connectivity index (χ0) is 32.4. The highest BCUT2D eigenvalue weighted by atomic mass is 35.5. The molecule has 0 aliphatic heterocycles. The van der Waals surface area contributed by atoms with Crippen LogP contribution >= 0.6 is 23.2 Å². The molecular formula is C41H30Cl2N2O2. The third-order valence-corrected chi connectivity index (χ3v) is 9.22. The maximum Gasteiger partial charge on any atom is 0.228 e. The maximum absolute atomic E-state index is 12.9. The number of rotatable bonds is 8. The predicted octanol–water partition coefficient (Wildman–Crippen LogP) is 9.72. The summed E-state index contributed by atoms with van der Waals surface area (Å²) in [6.45, 7) is 0. The lowest BCUT2D eigenvalue weighted by Crippen LogP contribution is -2.28. The van der Waals surface area contributed by atoms with E-state index in [1.165, 1.54) is 22.3 Å². The highest BCUT2D eigenvalue weighted by Crippen LogP contribution is 2.56. The summed E-state index contributed by atoms with van der Waals surface area (Å²) in [6.07, 6.45) is 0.512. The van der Waals surface area contributed by atoms with Gasteiger partial charge in [-0.3, -0.25) is 9.59 Å². The molecule has 6 aromatic carbocycles. The van der Waals surface area contributed by atoms with Crippen molar-refractivity contribution in [3.8, 4) is 11.1 Å². The van der Waals surface area contributed by atoms with Gasteiger partial charge in [0.15, 0.2) is 0 Å². The summed E-state index contributed by atoms with van der Waals surface area (Å²) < 4.78 is 0. The fourth-order valence-corrected chi connectivity index (χ4v) is 6.87. The first kappa shape index (κ1) is 30.5. The van der Waals surface area contributed by atoms with Crippen molar-refractivity contribution in [2.24, 2.45) is 0 Å². The lowest BCUT2D eigenvalue weighted by Gasteiger charge is -2.34. The largest absolute Gasteiger partial charge is 0.326 e. The maximum atomic E-state index is 12.9. The Balaban J connectivity index is 1.21. The van der Waals surface area contributed by atoms with E-state index in [2.05, 4.69) is 83.4 Å². The van der Waals surface area contributed by atoms with E-state index in [1.54, 1.807) is 24.3 Å². The highest BCUT2D eigenvalue weighted by molar-refractivity contribution is 6.30. The molecule has 1 aliphatic carbocycles. The topological polar surface area (TPSA) is 58.2 Å². The van der Waals surface area contributed by atoms with Gasteiger partial charge in [-0.25, -0.2) is 0 Å². The van der Waals surface area contributed by atoms with Crippen molar-refractivity contribution in [2.45, 2.75) is 18.3 Å². The molecule has 0 radical (unpaired) electrons. The summed E-state index contributed by atoms with van der Waals surface area (Å²) in [6, 6.07) is 47.9. The SMILES string of the molecule is O=C(Cc1ccc(Cl)cc1)Nc1ccc(C2(c3ccc(NC(=O)Cc4ccc(Cl)cc4)cc3)c3ccccc3-c3ccccc32)cc1. The lowest BCUT2D eigenvalue weighted by molar-refractivity contribution is -0.116. The van der Waals surface area contributed by atoms with Gasteiger partial charge in [0.25, 0.3) is 0 Å². The fraction of sp³-hybridized carbons (Fsp3) is 0.0732. The molecule has 0 atom stereocenters. The second-order valence-electron chi connectivity index (χ2n) is 11.7. The highest BCUT2D eigenvalue weighted by Gasteiger charge is 2.45. The first-order valence-electron chi connectivity index (χ1n) is 15.4. The second-order valence-corrected chi connectivity index (χ2v) is 12.6. The molecular weight excluding hydrogens is 623 g/mol. The summed E-state index contributed by atoms with van der Waals surface area (Å²) in [5.74, 6) is -0.194. The Bertz CT molecular complexity index is 1920. The van der Waals surface area contributed by atoms with Crippen molar-refractivity contribution in [3.63, 3.8) is 0 Å². The van der Waals surface area contributed by atoms with Crippen molar-refractivity contribution in [2.75, 3.05) is 10.6 Å². The molecule has 0 saturated carbocycles. The molecule has 0 bridgehead atoms. The molecule has 0 unspecified atom stereocenters. The number of nitrogens with one attached hydrogen (secondary N) is 2. The van der Waals surface area contributed by atoms with Crippen molar-refractivity contribution in [1.82, 2.24) is 0 Å². The predicted molar refractivity (Wildman–Crippen MR) is 191 cm³/mol. The quantitative estimate of drug-likeness (QED) is 0.172. The first-order chi connectivity index (χ1) is 22.9. The first-order valence-corrected chi connectivity index (χ1v) is 16.1. The molecule has 0 fully saturated rings. The van der Waals surface area contributed by atoms with Gasteiger partial charge >= 0.3 is 0 Å². The van der Waals surface area contributed by atoms with Gasteiger partial charge in [0.2, 0.25) is 11.8 Å². The number of carbonyl (C=O) groups excluding carboxylic acids is 2. The van der Waals surface area contributed by atoms with Gasteiger partial charge in [0.05, 0.1) is 18.3 Å². The average Bonchev–Trinajstić information content (AvgIpc) is 3.39. The monoisotopic (exact) mass is 652 g/mol. The number of fused-ring (bicyclic) bond motifs is 3. The van der Waals surface area contributed by atoms with E-state index in [0.29, 0.717) is 10.0 Å². The minimum absolute atomic E-state index is 0.0972. The van der Waals surface area contributed by atoms with Crippen LogP contribution in [0.2, 0.25) is 10.0 Å². The third kappa shape index (κ3) is 6.06. The van der Waals surface area contributed by atoms with Crippen LogP contribution in [-0.4, -0.2) is 11.8 Å². The lowest BCUT2D eigenvalue weighted by atomic mass is 9.67. The van der Waals surface area contributed by atoms with E-state index in [1.807, 2.05) is 48.5 Å². The molecule has 6 aromatic rings.